The van der Waals surface area contributed by atoms with Crippen LogP contribution in [0, 0.1) is 56.7 Å². The summed E-state index contributed by atoms with van der Waals surface area (Å²) in [4.78, 5) is 13.3. The molecule has 5 aliphatic carbocycles. The summed E-state index contributed by atoms with van der Waals surface area (Å²) >= 11 is 0. The van der Waals surface area contributed by atoms with Gasteiger partial charge in [0.25, 0.3) is 0 Å². The van der Waals surface area contributed by atoms with Crippen LogP contribution in [0.2, 0.25) is 0 Å². The number of hydrogen-bond donors (Lipinski definition) is 1. The SMILES string of the molecule is C=C1CC(=O)C2(C)CCC3(C)C(CCC4C5(C)CCC(O)C(C)(C)C5CCC43C)C2C1C. The van der Waals surface area contributed by atoms with E-state index in [1.807, 2.05) is 0 Å². The average Bonchev–Trinajstić information content (AvgIpc) is 2.71. The van der Waals surface area contributed by atoms with Crippen LogP contribution in [0.3, 0.4) is 0 Å². The lowest BCUT2D eigenvalue weighted by Gasteiger charge is -2.73. The molecule has 0 aromatic heterocycles. The number of aliphatic hydroxyl groups is 1. The molecule has 32 heavy (non-hydrogen) atoms. The van der Waals surface area contributed by atoms with Crippen molar-refractivity contribution in [2.75, 3.05) is 0 Å². The monoisotopic (exact) mass is 440 g/mol. The normalized spacial score (nSPS) is 57.1. The van der Waals surface area contributed by atoms with Crippen molar-refractivity contribution in [3.8, 4) is 0 Å². The lowest BCUT2D eigenvalue weighted by molar-refractivity contribution is -0.249. The van der Waals surface area contributed by atoms with E-state index in [1.54, 1.807) is 0 Å². The number of carbonyl (C=O) groups is 1. The average molecular weight is 441 g/mol. The first kappa shape index (κ1) is 23.1. The fourth-order valence-corrected chi connectivity index (χ4v) is 11.2. The lowest BCUT2D eigenvalue weighted by Crippen LogP contribution is -2.67. The molecule has 5 aliphatic rings. The van der Waals surface area contributed by atoms with Crippen LogP contribution < -0.4 is 0 Å². The van der Waals surface area contributed by atoms with Crippen LogP contribution in [0.5, 0.6) is 0 Å². The van der Waals surface area contributed by atoms with Gasteiger partial charge in [0.15, 0.2) is 0 Å². The minimum atomic E-state index is -0.160. The molecule has 5 saturated carbocycles. The minimum Gasteiger partial charge on any atom is -0.393 e. The second kappa shape index (κ2) is 6.73. The molecule has 5 fully saturated rings. The van der Waals surface area contributed by atoms with E-state index in [1.165, 1.54) is 44.1 Å². The Balaban J connectivity index is 1.56. The fraction of sp³-hybridized carbons (Fsp3) is 0.900. The molecule has 1 N–H and O–H groups in total. The summed E-state index contributed by atoms with van der Waals surface area (Å²) in [6.07, 6.45) is 9.95. The molecule has 5 rings (SSSR count). The molecule has 2 nitrogen and oxygen atoms in total. The second-order valence-electron chi connectivity index (χ2n) is 14.5. The molecule has 10 atom stereocenters. The summed E-state index contributed by atoms with van der Waals surface area (Å²) in [5.74, 6) is 3.35. The summed E-state index contributed by atoms with van der Waals surface area (Å²) < 4.78 is 0. The molecule has 0 aromatic carbocycles. The molecule has 2 heteroatoms. The Morgan fingerprint density at radius 3 is 2.22 bits per heavy atom. The van der Waals surface area contributed by atoms with Gasteiger partial charge in [-0.2, -0.15) is 0 Å². The number of hydrogen-bond acceptors (Lipinski definition) is 2. The number of rotatable bonds is 0. The molecule has 0 bridgehead atoms. The molecular formula is C30H48O2. The topological polar surface area (TPSA) is 37.3 Å². The van der Waals surface area contributed by atoms with Crippen molar-refractivity contribution in [2.24, 2.45) is 56.7 Å². The summed E-state index contributed by atoms with van der Waals surface area (Å²) in [6, 6.07) is 0. The van der Waals surface area contributed by atoms with Crippen molar-refractivity contribution in [3.05, 3.63) is 12.2 Å². The van der Waals surface area contributed by atoms with Gasteiger partial charge in [0.1, 0.15) is 5.78 Å². The van der Waals surface area contributed by atoms with Crippen LogP contribution in [0.15, 0.2) is 12.2 Å². The van der Waals surface area contributed by atoms with Crippen molar-refractivity contribution < 1.29 is 9.90 Å². The molecule has 0 aromatic rings. The number of aliphatic hydroxyl groups excluding tert-OH is 1. The smallest absolute Gasteiger partial charge is 0.143 e. The molecule has 180 valence electrons. The Morgan fingerprint density at radius 2 is 1.53 bits per heavy atom. The highest BCUT2D eigenvalue weighted by molar-refractivity contribution is 5.88. The minimum absolute atomic E-state index is 0.0132. The molecule has 0 heterocycles. The first-order valence-electron chi connectivity index (χ1n) is 13.6. The van der Waals surface area contributed by atoms with Gasteiger partial charge in [-0.05, 0) is 103 Å². The maximum absolute atomic E-state index is 13.3. The molecular weight excluding hydrogens is 392 g/mol. The number of ketones is 1. The highest BCUT2D eigenvalue weighted by Gasteiger charge is 2.70. The molecule has 0 radical (unpaired) electrons. The van der Waals surface area contributed by atoms with Crippen molar-refractivity contribution in [3.63, 3.8) is 0 Å². The van der Waals surface area contributed by atoms with Crippen LogP contribution in [-0.4, -0.2) is 17.0 Å². The Labute approximate surface area is 197 Å². The molecule has 0 aliphatic heterocycles. The van der Waals surface area contributed by atoms with Gasteiger partial charge in [-0.1, -0.05) is 60.6 Å². The van der Waals surface area contributed by atoms with E-state index in [-0.39, 0.29) is 16.9 Å². The fourth-order valence-electron chi connectivity index (χ4n) is 11.2. The highest BCUT2D eigenvalue weighted by Crippen LogP contribution is 2.76. The summed E-state index contributed by atoms with van der Waals surface area (Å²) in [7, 11) is 0. The first-order chi connectivity index (χ1) is 14.7. The zero-order valence-electron chi connectivity index (χ0n) is 21.9. The number of carbonyl (C=O) groups excluding carboxylic acids is 1. The summed E-state index contributed by atoms with van der Waals surface area (Å²) in [5.41, 5.74) is 1.99. The van der Waals surface area contributed by atoms with Gasteiger partial charge in [-0.3, -0.25) is 4.79 Å². The van der Waals surface area contributed by atoms with E-state index >= 15 is 0 Å². The van der Waals surface area contributed by atoms with Crippen LogP contribution >= 0.6 is 0 Å². The van der Waals surface area contributed by atoms with Crippen LogP contribution in [0.1, 0.15) is 106 Å². The molecule has 0 amide bonds. The predicted molar refractivity (Wildman–Crippen MR) is 131 cm³/mol. The Kier molecular flexibility index (Phi) is 4.87. The Morgan fingerprint density at radius 1 is 0.844 bits per heavy atom. The van der Waals surface area contributed by atoms with Gasteiger partial charge in [0, 0.05) is 11.8 Å². The first-order valence-corrected chi connectivity index (χ1v) is 13.6. The largest absolute Gasteiger partial charge is 0.393 e. The third kappa shape index (κ3) is 2.55. The number of allylic oxidation sites excluding steroid dienone is 1. The third-order valence-corrected chi connectivity index (χ3v) is 13.5. The zero-order valence-corrected chi connectivity index (χ0v) is 21.9. The van der Waals surface area contributed by atoms with E-state index in [0.29, 0.717) is 52.1 Å². The van der Waals surface area contributed by atoms with Crippen LogP contribution in [0.4, 0.5) is 0 Å². The Bertz CT molecular complexity index is 842. The quantitative estimate of drug-likeness (QED) is 0.404. The lowest BCUT2D eigenvalue weighted by atomic mass is 9.31. The number of Topliss-reactive ketones (excluding diaryl/α,β-unsaturated/α-hetero) is 1. The van der Waals surface area contributed by atoms with Gasteiger partial charge in [0.05, 0.1) is 6.10 Å². The maximum atomic E-state index is 13.3. The van der Waals surface area contributed by atoms with Gasteiger partial charge in [-0.25, -0.2) is 0 Å². The molecule has 0 saturated heterocycles. The van der Waals surface area contributed by atoms with E-state index in [4.69, 9.17) is 0 Å². The second-order valence-corrected chi connectivity index (χ2v) is 14.5. The van der Waals surface area contributed by atoms with Crippen LogP contribution in [0.25, 0.3) is 0 Å². The van der Waals surface area contributed by atoms with E-state index < -0.39 is 0 Å². The predicted octanol–water partition coefficient (Wildman–Crippen LogP) is 7.20. The van der Waals surface area contributed by atoms with Gasteiger partial charge in [0.2, 0.25) is 0 Å². The highest BCUT2D eigenvalue weighted by atomic mass is 16.3. The molecule has 10 unspecified atom stereocenters. The van der Waals surface area contributed by atoms with Crippen molar-refractivity contribution in [1.29, 1.82) is 0 Å². The van der Waals surface area contributed by atoms with Crippen molar-refractivity contribution >= 4 is 5.78 Å². The van der Waals surface area contributed by atoms with Gasteiger partial charge >= 0.3 is 0 Å². The van der Waals surface area contributed by atoms with Gasteiger partial charge in [-0.15, -0.1) is 0 Å². The summed E-state index contributed by atoms with van der Waals surface area (Å²) in [5, 5.41) is 10.9. The van der Waals surface area contributed by atoms with Gasteiger partial charge < -0.3 is 5.11 Å². The standard InChI is InChI=1S/C30H48O2/c1-18-17-24(32)28(6)15-16-29(7)20(25(28)19(18)2)9-10-22-27(5)13-12-23(31)26(3,4)21(27)11-14-30(22,29)8/h19-23,25,31H,1,9-17H2,2-8H3. The molecule has 0 spiro atoms. The van der Waals surface area contributed by atoms with Crippen LogP contribution in [-0.2, 0) is 4.79 Å². The maximum Gasteiger partial charge on any atom is 0.143 e. The van der Waals surface area contributed by atoms with E-state index in [9.17, 15) is 9.90 Å². The van der Waals surface area contributed by atoms with Crippen molar-refractivity contribution in [2.45, 2.75) is 112 Å². The van der Waals surface area contributed by atoms with E-state index in [2.05, 4.69) is 55.0 Å². The Hall–Kier alpha value is -0.630. The summed E-state index contributed by atoms with van der Waals surface area (Å²) in [6.45, 7) is 21.6. The third-order valence-electron chi connectivity index (χ3n) is 13.5. The number of fused-ring (bicyclic) bond motifs is 7. The van der Waals surface area contributed by atoms with Crippen molar-refractivity contribution in [1.82, 2.24) is 0 Å². The van der Waals surface area contributed by atoms with E-state index in [0.717, 1.165) is 18.8 Å². The zero-order chi connectivity index (χ0) is 23.5.